The first-order valence-electron chi connectivity index (χ1n) is 5.97. The second-order valence-electron chi connectivity index (χ2n) is 5.56. The van der Waals surface area contributed by atoms with Crippen molar-refractivity contribution in [2.24, 2.45) is 5.41 Å². The van der Waals surface area contributed by atoms with Crippen LogP contribution in [0.15, 0.2) is 24.3 Å². The van der Waals surface area contributed by atoms with Crippen molar-refractivity contribution in [3.8, 4) is 0 Å². The van der Waals surface area contributed by atoms with E-state index in [4.69, 9.17) is 11.6 Å². The van der Waals surface area contributed by atoms with Crippen LogP contribution < -0.4 is 5.32 Å². The molecule has 1 aromatic rings. The van der Waals surface area contributed by atoms with Gasteiger partial charge in [-0.15, -0.1) is 0 Å². The predicted octanol–water partition coefficient (Wildman–Crippen LogP) is 3.40. The third-order valence-corrected chi connectivity index (χ3v) is 3.42. The van der Waals surface area contributed by atoms with Gasteiger partial charge in [0, 0.05) is 17.6 Å². The summed E-state index contributed by atoms with van der Waals surface area (Å²) in [4.78, 5) is 0. The van der Waals surface area contributed by atoms with Gasteiger partial charge in [0.1, 0.15) is 0 Å². The van der Waals surface area contributed by atoms with Gasteiger partial charge in [0.2, 0.25) is 0 Å². The molecule has 2 atom stereocenters. The van der Waals surface area contributed by atoms with Gasteiger partial charge < -0.3 is 10.4 Å². The maximum atomic E-state index is 10.0. The van der Waals surface area contributed by atoms with Gasteiger partial charge in [-0.3, -0.25) is 0 Å². The molecule has 2 N–H and O–H groups in total. The maximum Gasteiger partial charge on any atom is 0.0914 e. The van der Waals surface area contributed by atoms with Crippen LogP contribution in [0.2, 0.25) is 5.02 Å². The number of hydrogen-bond acceptors (Lipinski definition) is 2. The van der Waals surface area contributed by atoms with Crippen molar-refractivity contribution in [2.75, 3.05) is 6.54 Å². The molecule has 17 heavy (non-hydrogen) atoms. The highest BCUT2D eigenvalue weighted by Crippen LogP contribution is 2.20. The van der Waals surface area contributed by atoms with Gasteiger partial charge in [0.05, 0.1) is 6.10 Å². The highest BCUT2D eigenvalue weighted by Gasteiger charge is 2.20. The summed E-state index contributed by atoms with van der Waals surface area (Å²) in [7, 11) is 0. The molecule has 1 rings (SSSR count). The van der Waals surface area contributed by atoms with Gasteiger partial charge in [0.25, 0.3) is 0 Å². The number of nitrogens with one attached hydrogen (secondary N) is 1. The molecule has 0 aliphatic rings. The van der Waals surface area contributed by atoms with Crippen LogP contribution in [0.25, 0.3) is 0 Å². The van der Waals surface area contributed by atoms with E-state index in [0.29, 0.717) is 17.6 Å². The zero-order chi connectivity index (χ0) is 13.1. The van der Waals surface area contributed by atoms with E-state index in [0.717, 1.165) is 5.56 Å². The minimum atomic E-state index is -0.489. The molecule has 0 bridgehead atoms. The average molecular weight is 256 g/mol. The second kappa shape index (κ2) is 5.85. The Hall–Kier alpha value is -0.570. The van der Waals surface area contributed by atoms with Crippen LogP contribution in [-0.2, 0) is 0 Å². The Morgan fingerprint density at radius 2 is 1.76 bits per heavy atom. The molecule has 0 amide bonds. The monoisotopic (exact) mass is 255 g/mol. The molecule has 0 heterocycles. The lowest BCUT2D eigenvalue weighted by atomic mass is 9.88. The van der Waals surface area contributed by atoms with Gasteiger partial charge in [-0.05, 0) is 30.0 Å². The zero-order valence-corrected chi connectivity index (χ0v) is 11.8. The van der Waals surface area contributed by atoms with E-state index in [1.165, 1.54) is 0 Å². The average Bonchev–Trinajstić information content (AvgIpc) is 2.25. The first-order chi connectivity index (χ1) is 7.80. The predicted molar refractivity (Wildman–Crippen MR) is 73.3 cm³/mol. The summed E-state index contributed by atoms with van der Waals surface area (Å²) < 4.78 is 0. The topological polar surface area (TPSA) is 32.3 Å². The summed E-state index contributed by atoms with van der Waals surface area (Å²) in [5.74, 6) is 0. The molecule has 0 aliphatic carbocycles. The molecule has 0 aliphatic heterocycles. The number of rotatable bonds is 4. The Labute approximate surface area is 109 Å². The second-order valence-corrected chi connectivity index (χ2v) is 6.00. The number of hydrogen-bond donors (Lipinski definition) is 2. The van der Waals surface area contributed by atoms with Gasteiger partial charge >= 0.3 is 0 Å². The summed E-state index contributed by atoms with van der Waals surface area (Å²) in [5.41, 5.74) is 1.09. The SMILES string of the molecule is CC(NCC(O)c1ccc(Cl)cc1)C(C)(C)C. The van der Waals surface area contributed by atoms with Crippen molar-refractivity contribution in [1.82, 2.24) is 5.32 Å². The van der Waals surface area contributed by atoms with Crippen LogP contribution in [0, 0.1) is 5.41 Å². The van der Waals surface area contributed by atoms with Crippen LogP contribution in [0.4, 0.5) is 0 Å². The van der Waals surface area contributed by atoms with Crippen LogP contribution in [0.3, 0.4) is 0 Å². The summed E-state index contributed by atoms with van der Waals surface area (Å²) in [6.45, 7) is 9.23. The largest absolute Gasteiger partial charge is 0.387 e. The van der Waals surface area contributed by atoms with Crippen molar-refractivity contribution < 1.29 is 5.11 Å². The number of benzene rings is 1. The van der Waals surface area contributed by atoms with E-state index in [9.17, 15) is 5.11 Å². The molecule has 0 radical (unpaired) electrons. The van der Waals surface area contributed by atoms with Gasteiger partial charge in [-0.2, -0.15) is 0 Å². The Balaban J connectivity index is 2.50. The first kappa shape index (κ1) is 14.5. The molecule has 0 saturated carbocycles. The fourth-order valence-corrected chi connectivity index (χ4v) is 1.52. The van der Waals surface area contributed by atoms with E-state index in [1.807, 2.05) is 12.1 Å². The molecule has 2 unspecified atom stereocenters. The molecular formula is C14H22ClNO. The minimum absolute atomic E-state index is 0.194. The van der Waals surface area contributed by atoms with Crippen LogP contribution in [-0.4, -0.2) is 17.7 Å². The number of aliphatic hydroxyl groups is 1. The number of halogens is 1. The molecule has 1 aromatic carbocycles. The highest BCUT2D eigenvalue weighted by molar-refractivity contribution is 6.30. The molecule has 3 heteroatoms. The lowest BCUT2D eigenvalue weighted by Crippen LogP contribution is -2.39. The lowest BCUT2D eigenvalue weighted by Gasteiger charge is -2.29. The molecule has 0 fully saturated rings. The standard InChI is InChI=1S/C14H22ClNO/c1-10(14(2,3)4)16-9-13(17)11-5-7-12(15)8-6-11/h5-8,10,13,16-17H,9H2,1-4H3. The molecule has 96 valence electrons. The quantitative estimate of drug-likeness (QED) is 0.864. The summed E-state index contributed by atoms with van der Waals surface area (Å²) >= 11 is 5.81. The van der Waals surface area contributed by atoms with E-state index in [1.54, 1.807) is 12.1 Å². The molecule has 0 spiro atoms. The van der Waals surface area contributed by atoms with Crippen molar-refractivity contribution in [1.29, 1.82) is 0 Å². The third-order valence-electron chi connectivity index (χ3n) is 3.17. The van der Waals surface area contributed by atoms with Gasteiger partial charge in [0.15, 0.2) is 0 Å². The van der Waals surface area contributed by atoms with Crippen LogP contribution >= 0.6 is 11.6 Å². The van der Waals surface area contributed by atoms with E-state index in [2.05, 4.69) is 33.0 Å². The lowest BCUT2D eigenvalue weighted by molar-refractivity contribution is 0.158. The maximum absolute atomic E-state index is 10.0. The van der Waals surface area contributed by atoms with E-state index in [-0.39, 0.29) is 5.41 Å². The Kier molecular flexibility index (Phi) is 4.99. The molecular weight excluding hydrogens is 234 g/mol. The zero-order valence-electron chi connectivity index (χ0n) is 11.0. The fraction of sp³-hybridized carbons (Fsp3) is 0.571. The smallest absolute Gasteiger partial charge is 0.0914 e. The molecule has 2 nitrogen and oxygen atoms in total. The van der Waals surface area contributed by atoms with Crippen LogP contribution in [0.1, 0.15) is 39.4 Å². The Bertz CT molecular complexity index is 342. The first-order valence-corrected chi connectivity index (χ1v) is 6.35. The van der Waals surface area contributed by atoms with E-state index >= 15 is 0 Å². The van der Waals surface area contributed by atoms with Gasteiger partial charge in [-0.1, -0.05) is 44.5 Å². The summed E-state index contributed by atoms with van der Waals surface area (Å²) in [6, 6.07) is 7.66. The number of aliphatic hydroxyl groups excluding tert-OH is 1. The van der Waals surface area contributed by atoms with E-state index < -0.39 is 6.10 Å². The van der Waals surface area contributed by atoms with Crippen molar-refractivity contribution in [3.63, 3.8) is 0 Å². The summed E-state index contributed by atoms with van der Waals surface area (Å²) in [5, 5.41) is 14.1. The Morgan fingerprint density at radius 3 is 2.24 bits per heavy atom. The van der Waals surface area contributed by atoms with Crippen molar-refractivity contribution >= 4 is 11.6 Å². The Morgan fingerprint density at radius 1 is 1.24 bits per heavy atom. The highest BCUT2D eigenvalue weighted by atomic mass is 35.5. The minimum Gasteiger partial charge on any atom is -0.387 e. The summed E-state index contributed by atoms with van der Waals surface area (Å²) in [6.07, 6.45) is -0.489. The molecule has 0 aromatic heterocycles. The van der Waals surface area contributed by atoms with Crippen molar-refractivity contribution in [2.45, 2.75) is 39.8 Å². The third kappa shape index (κ3) is 4.66. The molecule has 0 saturated heterocycles. The van der Waals surface area contributed by atoms with Crippen molar-refractivity contribution in [3.05, 3.63) is 34.9 Å². The normalized spacial score (nSPS) is 15.6. The van der Waals surface area contributed by atoms with Gasteiger partial charge in [-0.25, -0.2) is 0 Å². The fourth-order valence-electron chi connectivity index (χ4n) is 1.40. The van der Waals surface area contributed by atoms with Crippen LogP contribution in [0.5, 0.6) is 0 Å².